The molecule has 12 heavy (non-hydrogen) atoms. The van der Waals surface area contributed by atoms with Crippen molar-refractivity contribution in [2.45, 2.75) is 18.7 Å². The smallest absolute Gasteiger partial charge is 0.256 e. The van der Waals surface area contributed by atoms with Crippen molar-refractivity contribution in [3.63, 3.8) is 0 Å². The van der Waals surface area contributed by atoms with Crippen LogP contribution in [-0.4, -0.2) is 9.97 Å². The zero-order valence-electron chi connectivity index (χ0n) is 6.39. The van der Waals surface area contributed by atoms with Crippen molar-refractivity contribution >= 4 is 11.6 Å². The van der Waals surface area contributed by atoms with Crippen molar-refractivity contribution in [1.82, 2.24) is 9.97 Å². The maximum atomic E-state index is 12.7. The highest BCUT2D eigenvalue weighted by Crippen LogP contribution is 2.27. The van der Waals surface area contributed by atoms with Gasteiger partial charge in [-0.1, -0.05) is 0 Å². The summed E-state index contributed by atoms with van der Waals surface area (Å²) in [6.07, 6.45) is 2.57. The van der Waals surface area contributed by atoms with Crippen LogP contribution in [0, 0.1) is 0 Å². The van der Waals surface area contributed by atoms with Crippen molar-refractivity contribution in [2.75, 3.05) is 0 Å². The summed E-state index contributed by atoms with van der Waals surface area (Å²) in [6.45, 7) is 0.771. The van der Waals surface area contributed by atoms with Crippen LogP contribution >= 0.6 is 11.6 Å². The Labute approximate surface area is 73.6 Å². The summed E-state index contributed by atoms with van der Waals surface area (Å²) in [7, 11) is 0. The molecule has 0 aliphatic rings. The summed E-state index contributed by atoms with van der Waals surface area (Å²) in [6, 6.07) is 0. The number of alkyl halides is 3. The van der Waals surface area contributed by atoms with Crippen LogP contribution in [-0.2, 0) is 11.8 Å². The number of aromatic nitrogens is 2. The lowest BCUT2D eigenvalue weighted by Gasteiger charge is -2.11. The molecule has 0 radical (unpaired) electrons. The molecule has 0 aliphatic heterocycles. The second kappa shape index (κ2) is 3.31. The van der Waals surface area contributed by atoms with Gasteiger partial charge >= 0.3 is 0 Å². The molecule has 0 fully saturated rings. The standard InChI is InChI=1S/C7H7ClF2N2/c1-7(9,10)6-5(4-8)11-2-3-12-6/h2-3H,4H2,1H3. The van der Waals surface area contributed by atoms with Crippen LogP contribution in [0.1, 0.15) is 18.3 Å². The number of nitrogens with zero attached hydrogens (tertiary/aromatic N) is 2. The van der Waals surface area contributed by atoms with Crippen molar-refractivity contribution in [3.8, 4) is 0 Å². The van der Waals surface area contributed by atoms with Gasteiger partial charge in [-0.3, -0.25) is 9.97 Å². The minimum absolute atomic E-state index is 0.0490. The van der Waals surface area contributed by atoms with Gasteiger partial charge in [0, 0.05) is 19.3 Å². The minimum atomic E-state index is -2.97. The van der Waals surface area contributed by atoms with Gasteiger partial charge in [0.2, 0.25) is 0 Å². The highest BCUT2D eigenvalue weighted by molar-refractivity contribution is 6.16. The van der Waals surface area contributed by atoms with E-state index >= 15 is 0 Å². The van der Waals surface area contributed by atoms with E-state index in [1.165, 1.54) is 12.4 Å². The molecule has 2 nitrogen and oxygen atoms in total. The van der Waals surface area contributed by atoms with Gasteiger partial charge in [-0.2, -0.15) is 8.78 Å². The molecular formula is C7H7ClF2N2. The van der Waals surface area contributed by atoms with Gasteiger partial charge in [0.15, 0.2) is 0 Å². The number of hydrogen-bond donors (Lipinski definition) is 0. The van der Waals surface area contributed by atoms with E-state index in [-0.39, 0.29) is 17.3 Å². The lowest BCUT2D eigenvalue weighted by atomic mass is 10.2. The van der Waals surface area contributed by atoms with Crippen LogP contribution in [0.25, 0.3) is 0 Å². The van der Waals surface area contributed by atoms with Crippen LogP contribution < -0.4 is 0 Å². The third-order valence-electron chi connectivity index (χ3n) is 1.32. The van der Waals surface area contributed by atoms with Gasteiger partial charge < -0.3 is 0 Å². The van der Waals surface area contributed by atoms with E-state index in [2.05, 4.69) is 9.97 Å². The molecule has 0 atom stereocenters. The molecule has 0 saturated heterocycles. The first kappa shape index (κ1) is 9.32. The molecule has 66 valence electrons. The molecule has 0 saturated carbocycles. The topological polar surface area (TPSA) is 25.8 Å². The lowest BCUT2D eigenvalue weighted by molar-refractivity contribution is 0.0115. The van der Waals surface area contributed by atoms with Crippen LogP contribution in [0.5, 0.6) is 0 Å². The molecule has 0 aliphatic carbocycles. The van der Waals surface area contributed by atoms with Crippen molar-refractivity contribution < 1.29 is 8.78 Å². The summed E-state index contributed by atoms with van der Waals surface area (Å²) in [5.74, 6) is -3.02. The first-order valence-electron chi connectivity index (χ1n) is 3.30. The summed E-state index contributed by atoms with van der Waals surface area (Å²) < 4.78 is 25.5. The highest BCUT2D eigenvalue weighted by atomic mass is 35.5. The predicted molar refractivity (Wildman–Crippen MR) is 41.2 cm³/mol. The maximum absolute atomic E-state index is 12.7. The van der Waals surface area contributed by atoms with E-state index in [4.69, 9.17) is 11.6 Å². The summed E-state index contributed by atoms with van der Waals surface area (Å²) >= 11 is 5.40. The van der Waals surface area contributed by atoms with Crippen molar-refractivity contribution in [1.29, 1.82) is 0 Å². The Morgan fingerprint density at radius 3 is 2.42 bits per heavy atom. The van der Waals surface area contributed by atoms with Crippen molar-refractivity contribution in [3.05, 3.63) is 23.8 Å². The fraction of sp³-hybridized carbons (Fsp3) is 0.429. The van der Waals surface area contributed by atoms with Gasteiger partial charge in [0.05, 0.1) is 11.6 Å². The van der Waals surface area contributed by atoms with Gasteiger partial charge in [-0.25, -0.2) is 0 Å². The Hall–Kier alpha value is -0.770. The Morgan fingerprint density at radius 1 is 1.42 bits per heavy atom. The molecule has 1 rings (SSSR count). The van der Waals surface area contributed by atoms with E-state index in [0.717, 1.165) is 6.92 Å². The number of hydrogen-bond acceptors (Lipinski definition) is 2. The van der Waals surface area contributed by atoms with Crippen LogP contribution in [0.2, 0.25) is 0 Å². The van der Waals surface area contributed by atoms with Gasteiger partial charge in [0.25, 0.3) is 5.92 Å². The first-order valence-corrected chi connectivity index (χ1v) is 3.83. The average Bonchev–Trinajstić information content (AvgIpc) is 2.03. The highest BCUT2D eigenvalue weighted by Gasteiger charge is 2.29. The predicted octanol–water partition coefficient (Wildman–Crippen LogP) is 2.33. The summed E-state index contributed by atoms with van der Waals surface area (Å²) in [5, 5.41) is 0. The quantitative estimate of drug-likeness (QED) is 0.673. The van der Waals surface area contributed by atoms with E-state index in [1.54, 1.807) is 0 Å². The van der Waals surface area contributed by atoms with Gasteiger partial charge in [-0.05, 0) is 0 Å². The Morgan fingerprint density at radius 2 is 2.00 bits per heavy atom. The summed E-state index contributed by atoms with van der Waals surface area (Å²) in [5.41, 5.74) is -0.216. The third kappa shape index (κ3) is 1.88. The minimum Gasteiger partial charge on any atom is -0.256 e. The molecule has 0 amide bonds. The van der Waals surface area contributed by atoms with E-state index in [1.807, 2.05) is 0 Å². The Balaban J connectivity index is 3.14. The molecule has 0 spiro atoms. The molecule has 5 heteroatoms. The molecule has 0 unspecified atom stereocenters. The fourth-order valence-electron chi connectivity index (χ4n) is 0.831. The van der Waals surface area contributed by atoms with Crippen LogP contribution in [0.4, 0.5) is 8.78 Å². The van der Waals surface area contributed by atoms with Crippen LogP contribution in [0.3, 0.4) is 0 Å². The lowest BCUT2D eigenvalue weighted by Crippen LogP contribution is -2.13. The molecule has 1 heterocycles. The molecule has 1 aromatic rings. The van der Waals surface area contributed by atoms with E-state index in [0.29, 0.717) is 0 Å². The largest absolute Gasteiger partial charge is 0.288 e. The van der Waals surface area contributed by atoms with Gasteiger partial charge in [-0.15, -0.1) is 11.6 Å². The molecular weight excluding hydrogens is 186 g/mol. The van der Waals surface area contributed by atoms with Gasteiger partial charge in [0.1, 0.15) is 5.69 Å². The van der Waals surface area contributed by atoms with E-state index in [9.17, 15) is 8.78 Å². The SMILES string of the molecule is CC(F)(F)c1nccnc1CCl. The third-order valence-corrected chi connectivity index (χ3v) is 1.57. The Bertz CT molecular complexity index is 272. The second-order valence-corrected chi connectivity index (χ2v) is 2.64. The van der Waals surface area contributed by atoms with E-state index < -0.39 is 5.92 Å². The normalized spacial score (nSPS) is 11.7. The molecule has 0 bridgehead atoms. The zero-order chi connectivity index (χ0) is 9.19. The number of rotatable bonds is 2. The maximum Gasteiger partial charge on any atom is 0.288 e. The van der Waals surface area contributed by atoms with Crippen LogP contribution in [0.15, 0.2) is 12.4 Å². The van der Waals surface area contributed by atoms with Crippen molar-refractivity contribution in [2.24, 2.45) is 0 Å². The Kier molecular flexibility index (Phi) is 2.57. The molecule has 0 N–H and O–H groups in total. The number of halogens is 3. The summed E-state index contributed by atoms with van der Waals surface area (Å²) in [4.78, 5) is 7.21. The monoisotopic (exact) mass is 192 g/mol. The molecule has 1 aromatic heterocycles. The molecule has 0 aromatic carbocycles. The second-order valence-electron chi connectivity index (χ2n) is 2.37. The average molecular weight is 193 g/mol. The fourth-order valence-corrected chi connectivity index (χ4v) is 1.03. The zero-order valence-corrected chi connectivity index (χ0v) is 7.15. The first-order chi connectivity index (χ1) is 5.55.